The lowest BCUT2D eigenvalue weighted by Gasteiger charge is -2.30. The number of hydrogen-bond donors (Lipinski definition) is 1. The van der Waals surface area contributed by atoms with E-state index < -0.39 is 44.1 Å². The van der Waals surface area contributed by atoms with Gasteiger partial charge >= 0.3 is 14.0 Å². The largest absolute Gasteiger partial charge is 0.509 e. The highest BCUT2D eigenvalue weighted by Gasteiger charge is 2.64. The van der Waals surface area contributed by atoms with Crippen molar-refractivity contribution in [3.63, 3.8) is 0 Å². The first-order chi connectivity index (χ1) is 21.2. The van der Waals surface area contributed by atoms with Crippen molar-refractivity contribution in [3.8, 4) is 5.88 Å². The molecule has 236 valence electrons. The van der Waals surface area contributed by atoms with Gasteiger partial charge in [-0.15, -0.1) is 0 Å². The number of carbonyl (C=O) groups is 1. The van der Waals surface area contributed by atoms with E-state index in [-0.39, 0.29) is 25.0 Å². The van der Waals surface area contributed by atoms with Gasteiger partial charge in [0.15, 0.2) is 29.1 Å². The number of nitrogens with zero attached hydrogens (tertiary/aromatic N) is 4. The first kappa shape index (κ1) is 29.7. The fourth-order valence-corrected chi connectivity index (χ4v) is 7.96. The van der Waals surface area contributed by atoms with Crippen molar-refractivity contribution in [2.24, 2.45) is 5.92 Å². The molecule has 4 aliphatic rings. The number of phosphoric ester groups is 1. The Morgan fingerprint density at radius 2 is 2.02 bits per heavy atom. The molecule has 6 atom stereocenters. The Hall–Kier alpha value is -3.00. The molecule has 7 rings (SSSR count). The van der Waals surface area contributed by atoms with Crippen LogP contribution in [0.1, 0.15) is 63.3 Å². The molecule has 44 heavy (non-hydrogen) atoms. The summed E-state index contributed by atoms with van der Waals surface area (Å²) in [5.41, 5.74) is 6.24. The molecule has 16 heteroatoms. The second-order valence-electron chi connectivity index (χ2n) is 11.6. The summed E-state index contributed by atoms with van der Waals surface area (Å²) in [5.74, 6) is 0.710. The Balaban J connectivity index is 1.10. The van der Waals surface area contributed by atoms with Gasteiger partial charge in [0.05, 0.1) is 32.3 Å². The van der Waals surface area contributed by atoms with Crippen LogP contribution in [0, 0.1) is 5.92 Å². The van der Waals surface area contributed by atoms with Crippen molar-refractivity contribution < 1.29 is 41.9 Å². The van der Waals surface area contributed by atoms with Crippen LogP contribution in [0.5, 0.6) is 5.88 Å². The minimum absolute atomic E-state index is 0.00362. The van der Waals surface area contributed by atoms with E-state index in [9.17, 15) is 9.36 Å². The summed E-state index contributed by atoms with van der Waals surface area (Å²) in [7, 11) is -4.01. The number of rotatable bonds is 8. The molecule has 0 radical (unpaired) electrons. The first-order valence-electron chi connectivity index (χ1n) is 14.7. The lowest BCUT2D eigenvalue weighted by atomic mass is 9.90. The Morgan fingerprint density at radius 3 is 2.84 bits per heavy atom. The molecule has 3 aromatic rings. The third kappa shape index (κ3) is 5.63. The molecule has 1 aliphatic carbocycles. The molecule has 2 aromatic heterocycles. The number of halogens is 1. The monoisotopic (exact) mass is 649 g/mol. The zero-order valence-corrected chi connectivity index (χ0v) is 25.7. The van der Waals surface area contributed by atoms with Crippen LogP contribution in [0.25, 0.3) is 11.2 Å². The molecular weight excluding hydrogens is 617 g/mol. The van der Waals surface area contributed by atoms with Crippen LogP contribution >= 0.6 is 19.4 Å². The highest BCUT2D eigenvalue weighted by molar-refractivity contribution is 7.48. The zero-order chi connectivity index (χ0) is 30.5. The van der Waals surface area contributed by atoms with Gasteiger partial charge in [-0.3, -0.25) is 18.1 Å². The van der Waals surface area contributed by atoms with Gasteiger partial charge in [0.1, 0.15) is 6.10 Å². The molecule has 3 saturated heterocycles. The van der Waals surface area contributed by atoms with Crippen molar-refractivity contribution in [2.45, 2.75) is 75.6 Å². The van der Waals surface area contributed by atoms with Crippen LogP contribution in [-0.4, -0.2) is 63.3 Å². The van der Waals surface area contributed by atoms with Gasteiger partial charge in [-0.05, 0) is 43.4 Å². The number of aromatic nitrogens is 4. The average molecular weight is 650 g/mol. The van der Waals surface area contributed by atoms with Crippen LogP contribution in [0.4, 0.5) is 10.7 Å². The van der Waals surface area contributed by atoms with Crippen molar-refractivity contribution in [2.75, 3.05) is 25.6 Å². The number of phosphoric acid groups is 1. The number of benzene rings is 1. The fourth-order valence-electron chi connectivity index (χ4n) is 6.37. The molecular formula is C28H33ClN5O9P. The predicted molar refractivity (Wildman–Crippen MR) is 155 cm³/mol. The number of imidazole rings is 1. The van der Waals surface area contributed by atoms with Crippen molar-refractivity contribution in [1.29, 1.82) is 0 Å². The third-order valence-corrected chi connectivity index (χ3v) is 10.3. The minimum Gasteiger partial charge on any atom is -0.476 e. The third-order valence-electron chi connectivity index (χ3n) is 8.57. The Bertz CT molecular complexity index is 1600. The van der Waals surface area contributed by atoms with Crippen LogP contribution in [0.15, 0.2) is 30.6 Å². The van der Waals surface area contributed by atoms with Gasteiger partial charge in [-0.2, -0.15) is 9.97 Å². The summed E-state index contributed by atoms with van der Waals surface area (Å²) in [6.45, 7) is 2.04. The van der Waals surface area contributed by atoms with E-state index in [0.29, 0.717) is 35.1 Å². The van der Waals surface area contributed by atoms with Crippen LogP contribution in [0.2, 0.25) is 5.02 Å². The molecule has 4 fully saturated rings. The van der Waals surface area contributed by atoms with Gasteiger partial charge in [-0.25, -0.2) is 14.3 Å². The van der Waals surface area contributed by atoms with Crippen molar-refractivity contribution >= 4 is 42.7 Å². The molecule has 14 nitrogen and oxygen atoms in total. The number of anilines is 1. The number of hydrogen-bond acceptors (Lipinski definition) is 13. The second kappa shape index (κ2) is 11.7. The van der Waals surface area contributed by atoms with Gasteiger partial charge < -0.3 is 24.7 Å². The summed E-state index contributed by atoms with van der Waals surface area (Å²) in [6, 6.07) is 7.10. The predicted octanol–water partition coefficient (Wildman–Crippen LogP) is 5.52. The van der Waals surface area contributed by atoms with E-state index in [1.165, 1.54) is 25.6 Å². The fraction of sp³-hybridized carbons (Fsp3) is 0.571. The van der Waals surface area contributed by atoms with Crippen molar-refractivity contribution in [1.82, 2.24) is 19.5 Å². The molecule has 5 heterocycles. The summed E-state index contributed by atoms with van der Waals surface area (Å²) in [5, 5.41) is 0.531. The van der Waals surface area contributed by atoms with E-state index in [1.807, 2.05) is 6.07 Å². The molecule has 0 spiro atoms. The number of fused-ring (bicyclic) bond motifs is 2. The van der Waals surface area contributed by atoms with E-state index in [4.69, 9.17) is 49.9 Å². The first-order valence-corrected chi connectivity index (χ1v) is 16.6. The minimum atomic E-state index is -4.01. The molecule has 1 aromatic carbocycles. The van der Waals surface area contributed by atoms with Gasteiger partial charge in [-0.1, -0.05) is 43.0 Å². The Morgan fingerprint density at radius 1 is 1.18 bits per heavy atom. The van der Waals surface area contributed by atoms with Crippen LogP contribution in [0.3, 0.4) is 0 Å². The molecule has 6 unspecified atom stereocenters. The maximum atomic E-state index is 13.5. The molecule has 1 saturated carbocycles. The normalized spacial score (nSPS) is 32.4. The highest BCUT2D eigenvalue weighted by atomic mass is 35.5. The molecule has 0 bridgehead atoms. The van der Waals surface area contributed by atoms with E-state index in [1.54, 1.807) is 29.7 Å². The van der Waals surface area contributed by atoms with E-state index in [0.717, 1.165) is 18.4 Å². The van der Waals surface area contributed by atoms with Crippen LogP contribution in [-0.2, 0) is 32.3 Å². The topological polar surface area (TPSA) is 168 Å². The summed E-state index contributed by atoms with van der Waals surface area (Å²) in [6.07, 6.45) is 3.60. The average Bonchev–Trinajstić information content (AvgIpc) is 3.64. The maximum absolute atomic E-state index is 13.5. The smallest absolute Gasteiger partial charge is 0.476 e. The summed E-state index contributed by atoms with van der Waals surface area (Å²) in [4.78, 5) is 25.6. The second-order valence-corrected chi connectivity index (χ2v) is 13.7. The van der Waals surface area contributed by atoms with Crippen LogP contribution < -0.4 is 10.5 Å². The quantitative estimate of drug-likeness (QED) is 0.239. The highest BCUT2D eigenvalue weighted by Crippen LogP contribution is 2.58. The number of carbonyl (C=O) groups excluding carboxylic acids is 1. The summed E-state index contributed by atoms with van der Waals surface area (Å²) >= 11 is 6.13. The number of ether oxygens (including phenoxy) is 4. The van der Waals surface area contributed by atoms with Crippen molar-refractivity contribution in [3.05, 3.63) is 41.2 Å². The lowest BCUT2D eigenvalue weighted by molar-refractivity contribution is -0.0925. The summed E-state index contributed by atoms with van der Waals surface area (Å²) < 4.78 is 55.6. The van der Waals surface area contributed by atoms with Gasteiger partial charge in [0.25, 0.3) is 0 Å². The maximum Gasteiger partial charge on any atom is 0.509 e. The molecule has 2 N–H and O–H groups in total. The van der Waals surface area contributed by atoms with E-state index in [2.05, 4.69) is 15.0 Å². The van der Waals surface area contributed by atoms with E-state index >= 15 is 0 Å². The van der Waals surface area contributed by atoms with Gasteiger partial charge in [0.2, 0.25) is 11.8 Å². The molecule has 3 aliphatic heterocycles. The number of nitrogen functional groups attached to an aromatic ring is 1. The Kier molecular flexibility index (Phi) is 7.92. The SMILES string of the molecule is CC12OC(=O)OC1C(COP1(=O)OCCC(c3cccc(Cl)c3)O1)OC2n1cnc2c(OCC3CCCCC3)nc(N)nc21. The standard InChI is InChI=1S/C28H33ClN5O9P/c1-28-22(41-27(35)42-28)20(14-39-44(36)38-11-10-19(43-44)17-8-5-9-18(29)12-17)40-25(28)34-15-31-21-23(34)32-26(30)33-24(21)37-13-16-6-3-2-4-7-16/h5,8-9,12,15-16,19-20,22,25H,2-4,6-7,10-11,13-14H2,1H3,(H2,30,32,33). The molecule has 0 amide bonds. The zero-order valence-electron chi connectivity index (χ0n) is 24.0. The number of nitrogens with two attached hydrogens (primary N) is 1. The van der Waals surface area contributed by atoms with Gasteiger partial charge in [0, 0.05) is 11.4 Å². The lowest BCUT2D eigenvalue weighted by Crippen LogP contribution is -2.42. The Labute approximate surface area is 258 Å².